The molecule has 1 heterocycles. The zero-order valence-corrected chi connectivity index (χ0v) is 16.8. The summed E-state index contributed by atoms with van der Waals surface area (Å²) in [6.07, 6.45) is -3.90. The second-order valence-corrected chi connectivity index (χ2v) is 7.18. The lowest BCUT2D eigenvalue weighted by Crippen LogP contribution is -2.36. The van der Waals surface area contributed by atoms with E-state index < -0.39 is 11.7 Å². The molecule has 9 heteroatoms. The van der Waals surface area contributed by atoms with Gasteiger partial charge >= 0.3 is 6.18 Å². The number of halogens is 4. The average molecular weight is 418 g/mol. The highest BCUT2D eigenvalue weighted by atomic mass is 35.5. The van der Waals surface area contributed by atoms with Crippen molar-refractivity contribution < 1.29 is 22.5 Å². The number of carbonyl (C=O) groups is 1. The Labute approximate surface area is 167 Å². The van der Waals surface area contributed by atoms with E-state index in [4.69, 9.17) is 16.1 Å². The molecule has 0 spiro atoms. The first-order chi connectivity index (χ1) is 13.1. The van der Waals surface area contributed by atoms with Gasteiger partial charge in [-0.3, -0.25) is 4.79 Å². The van der Waals surface area contributed by atoms with Crippen molar-refractivity contribution in [1.82, 2.24) is 15.0 Å². The highest BCUT2D eigenvalue weighted by molar-refractivity contribution is 6.29. The highest BCUT2D eigenvalue weighted by Gasteiger charge is 2.30. The maximum absolute atomic E-state index is 13.0. The van der Waals surface area contributed by atoms with Crippen molar-refractivity contribution in [2.75, 3.05) is 27.2 Å². The molecule has 0 aliphatic rings. The molecule has 0 unspecified atom stereocenters. The van der Waals surface area contributed by atoms with Crippen LogP contribution in [0.2, 0.25) is 5.22 Å². The van der Waals surface area contributed by atoms with Gasteiger partial charge in [0, 0.05) is 31.6 Å². The fourth-order valence-corrected chi connectivity index (χ4v) is 2.97. The Morgan fingerprint density at radius 2 is 1.96 bits per heavy atom. The molecule has 1 aromatic carbocycles. The molecule has 5 nitrogen and oxygen atoms in total. The summed E-state index contributed by atoms with van der Waals surface area (Å²) in [5.74, 6) is -0.170. The maximum Gasteiger partial charge on any atom is 0.416 e. The van der Waals surface area contributed by atoms with Crippen molar-refractivity contribution in [2.24, 2.45) is 0 Å². The number of likely N-dealkylation sites (N-methyl/N-ethyl adjacent to an activating group) is 1. The predicted molar refractivity (Wildman–Crippen MR) is 100.0 cm³/mol. The van der Waals surface area contributed by atoms with Crippen LogP contribution in [0, 0.1) is 6.92 Å². The molecule has 0 N–H and O–H groups in total. The van der Waals surface area contributed by atoms with Crippen molar-refractivity contribution >= 4 is 17.5 Å². The molecule has 0 aliphatic carbocycles. The average Bonchev–Trinajstić information content (AvgIpc) is 2.94. The summed E-state index contributed by atoms with van der Waals surface area (Å²) < 4.78 is 43.8. The monoisotopic (exact) mass is 417 g/mol. The fourth-order valence-electron chi connectivity index (χ4n) is 2.71. The summed E-state index contributed by atoms with van der Waals surface area (Å²) in [5.41, 5.74) is 0.996. The molecule has 154 valence electrons. The van der Waals surface area contributed by atoms with Gasteiger partial charge < -0.3 is 14.3 Å². The van der Waals surface area contributed by atoms with E-state index in [0.29, 0.717) is 36.3 Å². The standard InChI is InChI=1S/C19H23ClF3N3O2/c1-13-16(18(20)28-24-13)7-8-17(27)26(10-9-25(2)3)12-14-5-4-6-15(11-14)19(21,22)23/h4-6,11H,7-10,12H2,1-3H3. The number of nitrogens with zero attached hydrogens (tertiary/aromatic N) is 3. The lowest BCUT2D eigenvalue weighted by atomic mass is 10.1. The summed E-state index contributed by atoms with van der Waals surface area (Å²) >= 11 is 5.93. The SMILES string of the molecule is Cc1noc(Cl)c1CCC(=O)N(CCN(C)C)Cc1cccc(C(F)(F)F)c1. The van der Waals surface area contributed by atoms with Gasteiger partial charge in [0.05, 0.1) is 11.3 Å². The van der Waals surface area contributed by atoms with E-state index >= 15 is 0 Å². The summed E-state index contributed by atoms with van der Waals surface area (Å²) in [6, 6.07) is 5.04. The van der Waals surface area contributed by atoms with Gasteiger partial charge in [0.25, 0.3) is 0 Å². The zero-order valence-electron chi connectivity index (χ0n) is 16.0. The summed E-state index contributed by atoms with van der Waals surface area (Å²) in [6.45, 7) is 2.84. The van der Waals surface area contributed by atoms with Gasteiger partial charge in [-0.1, -0.05) is 17.3 Å². The predicted octanol–water partition coefficient (Wildman–Crippen LogP) is 4.18. The second kappa shape index (κ2) is 9.43. The van der Waals surface area contributed by atoms with Gasteiger partial charge in [-0.2, -0.15) is 13.2 Å². The second-order valence-electron chi connectivity index (χ2n) is 6.84. The van der Waals surface area contributed by atoms with Crippen LogP contribution < -0.4 is 0 Å². The van der Waals surface area contributed by atoms with Crippen LogP contribution in [0.25, 0.3) is 0 Å². The molecule has 1 amide bonds. The van der Waals surface area contributed by atoms with Crippen molar-refractivity contribution in [3.63, 3.8) is 0 Å². The molecule has 0 fully saturated rings. The van der Waals surface area contributed by atoms with Crippen LogP contribution in [0.5, 0.6) is 0 Å². The normalized spacial score (nSPS) is 11.9. The molecule has 2 rings (SSSR count). The van der Waals surface area contributed by atoms with Gasteiger partial charge in [-0.05, 0) is 56.7 Å². The first-order valence-electron chi connectivity index (χ1n) is 8.77. The molecule has 0 saturated heterocycles. The van der Waals surface area contributed by atoms with Crippen LogP contribution in [0.15, 0.2) is 28.8 Å². The molecule has 0 saturated carbocycles. The number of hydrogen-bond acceptors (Lipinski definition) is 4. The van der Waals surface area contributed by atoms with E-state index in [1.54, 1.807) is 17.9 Å². The van der Waals surface area contributed by atoms with Gasteiger partial charge in [-0.25, -0.2) is 0 Å². The third-order valence-corrected chi connectivity index (χ3v) is 4.62. The lowest BCUT2D eigenvalue weighted by Gasteiger charge is -2.25. The topological polar surface area (TPSA) is 49.6 Å². The van der Waals surface area contributed by atoms with Gasteiger partial charge in [0.1, 0.15) is 0 Å². The van der Waals surface area contributed by atoms with Crippen molar-refractivity contribution in [1.29, 1.82) is 0 Å². The molecule has 0 atom stereocenters. The first-order valence-corrected chi connectivity index (χ1v) is 9.15. The van der Waals surface area contributed by atoms with Crippen LogP contribution in [-0.4, -0.2) is 48.0 Å². The number of rotatable bonds is 8. The first kappa shape index (κ1) is 22.2. The van der Waals surface area contributed by atoms with E-state index in [2.05, 4.69) is 5.16 Å². The van der Waals surface area contributed by atoms with E-state index in [-0.39, 0.29) is 24.1 Å². The molecule has 28 heavy (non-hydrogen) atoms. The molecular weight excluding hydrogens is 395 g/mol. The Hall–Kier alpha value is -2.06. The highest BCUT2D eigenvalue weighted by Crippen LogP contribution is 2.30. The Morgan fingerprint density at radius 1 is 1.25 bits per heavy atom. The van der Waals surface area contributed by atoms with Gasteiger partial charge in [0.2, 0.25) is 11.1 Å². The number of aryl methyl sites for hydroxylation is 1. The van der Waals surface area contributed by atoms with Crippen LogP contribution in [0.4, 0.5) is 13.2 Å². The minimum absolute atomic E-state index is 0.104. The maximum atomic E-state index is 13.0. The van der Waals surface area contributed by atoms with E-state index in [1.807, 2.05) is 19.0 Å². The zero-order chi connectivity index (χ0) is 20.9. The van der Waals surface area contributed by atoms with Crippen LogP contribution >= 0.6 is 11.6 Å². The molecule has 1 aromatic heterocycles. The van der Waals surface area contributed by atoms with Crippen LogP contribution in [0.3, 0.4) is 0 Å². The van der Waals surface area contributed by atoms with Crippen molar-refractivity contribution in [2.45, 2.75) is 32.5 Å². The number of benzene rings is 1. The van der Waals surface area contributed by atoms with Crippen molar-refractivity contribution in [3.05, 3.63) is 51.9 Å². The summed E-state index contributed by atoms with van der Waals surface area (Å²) in [5, 5.41) is 3.91. The third-order valence-electron chi connectivity index (χ3n) is 4.32. The number of alkyl halides is 3. The molecule has 0 radical (unpaired) electrons. The van der Waals surface area contributed by atoms with E-state index in [0.717, 1.165) is 12.1 Å². The minimum atomic E-state index is -4.42. The Morgan fingerprint density at radius 3 is 2.54 bits per heavy atom. The minimum Gasteiger partial charge on any atom is -0.344 e. The molecular formula is C19H23ClF3N3O2. The van der Waals surface area contributed by atoms with E-state index in [1.165, 1.54) is 6.07 Å². The summed E-state index contributed by atoms with van der Waals surface area (Å²) in [7, 11) is 3.74. The largest absolute Gasteiger partial charge is 0.416 e. The smallest absolute Gasteiger partial charge is 0.344 e. The Balaban J connectivity index is 2.11. The lowest BCUT2D eigenvalue weighted by molar-refractivity contribution is -0.137. The van der Waals surface area contributed by atoms with Crippen molar-refractivity contribution in [3.8, 4) is 0 Å². The Bertz CT molecular complexity index is 786. The summed E-state index contributed by atoms with van der Waals surface area (Å²) in [4.78, 5) is 16.2. The van der Waals surface area contributed by atoms with E-state index in [9.17, 15) is 18.0 Å². The number of hydrogen-bond donors (Lipinski definition) is 0. The molecule has 0 bridgehead atoms. The van der Waals surface area contributed by atoms with Crippen LogP contribution in [0.1, 0.15) is 28.8 Å². The molecule has 0 aliphatic heterocycles. The number of aromatic nitrogens is 1. The van der Waals surface area contributed by atoms with Crippen LogP contribution in [-0.2, 0) is 23.9 Å². The van der Waals surface area contributed by atoms with Gasteiger partial charge in [-0.15, -0.1) is 0 Å². The number of carbonyl (C=O) groups excluding carboxylic acids is 1. The third kappa shape index (κ3) is 6.24. The fraction of sp³-hybridized carbons (Fsp3) is 0.474. The molecule has 2 aromatic rings. The Kier molecular flexibility index (Phi) is 7.48. The quantitative estimate of drug-likeness (QED) is 0.646. The van der Waals surface area contributed by atoms with Gasteiger partial charge in [0.15, 0.2) is 0 Å². The number of amides is 1.